The van der Waals surface area contributed by atoms with E-state index >= 15 is 0 Å². The number of fused-ring (bicyclic) bond motifs is 4. The molecular weight excluding hydrogens is 428 g/mol. The zero-order chi connectivity index (χ0) is 23.1. The molecule has 1 fully saturated rings. The van der Waals surface area contributed by atoms with Crippen molar-refractivity contribution in [3.63, 3.8) is 0 Å². The van der Waals surface area contributed by atoms with Crippen molar-refractivity contribution in [3.8, 4) is 0 Å². The number of pyridine rings is 2. The summed E-state index contributed by atoms with van der Waals surface area (Å²) in [5.74, 6) is 1.92. The van der Waals surface area contributed by atoms with E-state index in [1.54, 1.807) is 24.4 Å². The summed E-state index contributed by atoms with van der Waals surface area (Å²) in [4.78, 5) is 33.7. The lowest BCUT2D eigenvalue weighted by Gasteiger charge is -2.18. The fourth-order valence-electron chi connectivity index (χ4n) is 5.24. The summed E-state index contributed by atoms with van der Waals surface area (Å²) in [6.07, 6.45) is 13.0. The molecular formula is C26H26N6O2. The Morgan fingerprint density at radius 3 is 2.82 bits per heavy atom. The van der Waals surface area contributed by atoms with E-state index in [0.29, 0.717) is 5.65 Å². The summed E-state index contributed by atoms with van der Waals surface area (Å²) in [6.45, 7) is 2.12. The number of hydrogen-bond acceptors (Lipinski definition) is 5. The van der Waals surface area contributed by atoms with Crippen LogP contribution in [0.4, 0.5) is 0 Å². The summed E-state index contributed by atoms with van der Waals surface area (Å²) in [6, 6.07) is 10.6. The van der Waals surface area contributed by atoms with Gasteiger partial charge >= 0.3 is 0 Å². The van der Waals surface area contributed by atoms with Crippen molar-refractivity contribution in [1.82, 2.24) is 29.4 Å². The highest BCUT2D eigenvalue weighted by atomic mass is 16.2. The molecule has 172 valence electrons. The first-order chi connectivity index (χ1) is 16.6. The van der Waals surface area contributed by atoms with Gasteiger partial charge in [0.05, 0.1) is 12.2 Å². The number of allylic oxidation sites excluding steroid dienone is 2. The number of amides is 1. The smallest absolute Gasteiger partial charge is 0.270 e. The van der Waals surface area contributed by atoms with Gasteiger partial charge in [-0.05, 0) is 60.9 Å². The van der Waals surface area contributed by atoms with Crippen LogP contribution in [0.25, 0.3) is 11.3 Å². The highest BCUT2D eigenvalue weighted by Gasteiger charge is 2.34. The van der Waals surface area contributed by atoms with Crippen molar-refractivity contribution in [2.45, 2.75) is 25.9 Å². The maximum Gasteiger partial charge on any atom is 0.270 e. The predicted molar refractivity (Wildman–Crippen MR) is 128 cm³/mol. The molecule has 0 aliphatic heterocycles. The maximum atomic E-state index is 12.6. The SMILES string of the molecule is O=C(NCc1cn2cc(CNCC3CC4C=CC3C4)ccc2n1)c1cc(=O)n2ccccc2n1. The van der Waals surface area contributed by atoms with Gasteiger partial charge in [-0.2, -0.15) is 0 Å². The molecule has 1 amide bonds. The number of nitrogens with zero attached hydrogens (tertiary/aromatic N) is 4. The van der Waals surface area contributed by atoms with Gasteiger partial charge in [-0.25, -0.2) is 9.97 Å². The van der Waals surface area contributed by atoms with Gasteiger partial charge in [0.25, 0.3) is 11.5 Å². The van der Waals surface area contributed by atoms with Gasteiger partial charge < -0.3 is 15.0 Å². The number of imidazole rings is 1. The second-order valence-electron chi connectivity index (χ2n) is 9.30. The van der Waals surface area contributed by atoms with E-state index in [1.807, 2.05) is 16.7 Å². The van der Waals surface area contributed by atoms with Crippen molar-refractivity contribution in [1.29, 1.82) is 0 Å². The van der Waals surface area contributed by atoms with E-state index in [0.717, 1.165) is 42.2 Å². The molecule has 6 rings (SSSR count). The molecule has 2 aliphatic carbocycles. The minimum Gasteiger partial charge on any atom is -0.345 e. The molecule has 0 aromatic carbocycles. The van der Waals surface area contributed by atoms with Crippen LogP contribution in [0.3, 0.4) is 0 Å². The first-order valence-corrected chi connectivity index (χ1v) is 11.7. The Bertz CT molecular complexity index is 1470. The number of nitrogens with one attached hydrogen (secondary N) is 2. The molecule has 8 heteroatoms. The van der Waals surface area contributed by atoms with Crippen LogP contribution in [-0.2, 0) is 13.1 Å². The number of carbonyl (C=O) groups excluding carboxylic acids is 1. The van der Waals surface area contributed by atoms with Crippen LogP contribution < -0.4 is 16.2 Å². The average Bonchev–Trinajstić information content (AvgIpc) is 3.58. The Balaban J connectivity index is 1.08. The van der Waals surface area contributed by atoms with Crippen molar-refractivity contribution in [2.75, 3.05) is 6.54 Å². The summed E-state index contributed by atoms with van der Waals surface area (Å²) in [7, 11) is 0. The molecule has 2 aliphatic rings. The Morgan fingerprint density at radius 2 is 1.97 bits per heavy atom. The predicted octanol–water partition coefficient (Wildman–Crippen LogP) is 2.57. The molecule has 0 radical (unpaired) electrons. The third kappa shape index (κ3) is 4.01. The minimum atomic E-state index is -0.402. The van der Waals surface area contributed by atoms with Crippen LogP contribution in [-0.4, -0.2) is 31.2 Å². The molecule has 4 heterocycles. The zero-order valence-corrected chi connectivity index (χ0v) is 18.7. The second-order valence-corrected chi connectivity index (χ2v) is 9.30. The fraction of sp³-hybridized carbons (Fsp3) is 0.308. The lowest BCUT2D eigenvalue weighted by atomic mass is 9.93. The molecule has 3 atom stereocenters. The summed E-state index contributed by atoms with van der Waals surface area (Å²) >= 11 is 0. The first-order valence-electron chi connectivity index (χ1n) is 11.7. The van der Waals surface area contributed by atoms with Crippen LogP contribution in [0.2, 0.25) is 0 Å². The molecule has 0 saturated heterocycles. The van der Waals surface area contributed by atoms with Crippen LogP contribution in [0.15, 0.2) is 71.9 Å². The Kier molecular flexibility index (Phi) is 5.22. The zero-order valence-electron chi connectivity index (χ0n) is 18.7. The standard InChI is InChI=1S/C26H26N6O2/c33-25-11-22(30-24-3-1-2-8-32(24)25)26(34)28-14-21-16-31-15-18(5-7-23(31)29-21)12-27-13-20-10-17-4-6-19(20)9-17/h1-8,11,15-17,19-20,27H,9-10,12-14H2,(H,28,34). The molecule has 4 aromatic heterocycles. The topological polar surface area (TPSA) is 92.8 Å². The van der Waals surface area contributed by atoms with Gasteiger partial charge in [-0.3, -0.25) is 14.0 Å². The highest BCUT2D eigenvalue weighted by Crippen LogP contribution is 2.42. The number of carbonyl (C=O) groups is 1. The highest BCUT2D eigenvalue weighted by molar-refractivity contribution is 5.92. The van der Waals surface area contributed by atoms with Crippen molar-refractivity contribution in [2.24, 2.45) is 17.8 Å². The third-order valence-corrected chi connectivity index (χ3v) is 6.95. The molecule has 3 unspecified atom stereocenters. The first kappa shape index (κ1) is 20.8. The van der Waals surface area contributed by atoms with Crippen molar-refractivity contribution < 1.29 is 4.79 Å². The maximum absolute atomic E-state index is 12.6. The van der Waals surface area contributed by atoms with E-state index in [9.17, 15) is 9.59 Å². The summed E-state index contributed by atoms with van der Waals surface area (Å²) in [5.41, 5.74) is 3.00. The monoisotopic (exact) mass is 454 g/mol. The van der Waals surface area contributed by atoms with E-state index in [4.69, 9.17) is 0 Å². The van der Waals surface area contributed by atoms with Gasteiger partial charge in [0.2, 0.25) is 0 Å². The lowest BCUT2D eigenvalue weighted by molar-refractivity contribution is 0.0945. The quantitative estimate of drug-likeness (QED) is 0.419. The molecule has 1 saturated carbocycles. The van der Waals surface area contributed by atoms with Gasteiger partial charge in [0.1, 0.15) is 17.0 Å². The van der Waals surface area contributed by atoms with Gasteiger partial charge in [0, 0.05) is 31.2 Å². The van der Waals surface area contributed by atoms with Gasteiger partial charge in [0.15, 0.2) is 0 Å². The normalized spacial score (nSPS) is 21.0. The van der Waals surface area contributed by atoms with E-state index in [-0.39, 0.29) is 17.8 Å². The molecule has 0 spiro atoms. The second kappa shape index (κ2) is 8.53. The van der Waals surface area contributed by atoms with E-state index < -0.39 is 5.91 Å². The van der Waals surface area contributed by atoms with Crippen LogP contribution in [0, 0.1) is 17.8 Å². The fourth-order valence-corrected chi connectivity index (χ4v) is 5.24. The largest absolute Gasteiger partial charge is 0.345 e. The van der Waals surface area contributed by atoms with Crippen LogP contribution in [0.1, 0.15) is 34.6 Å². The molecule has 2 bridgehead atoms. The third-order valence-electron chi connectivity index (χ3n) is 6.95. The van der Waals surface area contributed by atoms with E-state index in [2.05, 4.69) is 45.0 Å². The van der Waals surface area contributed by atoms with Gasteiger partial charge in [-0.1, -0.05) is 24.3 Å². The Morgan fingerprint density at radius 1 is 1.03 bits per heavy atom. The minimum absolute atomic E-state index is 0.0966. The summed E-state index contributed by atoms with van der Waals surface area (Å²) in [5, 5.41) is 6.43. The average molecular weight is 455 g/mol. The lowest BCUT2D eigenvalue weighted by Crippen LogP contribution is -2.27. The Hall–Kier alpha value is -3.78. The number of hydrogen-bond donors (Lipinski definition) is 2. The molecule has 2 N–H and O–H groups in total. The van der Waals surface area contributed by atoms with Crippen molar-refractivity contribution in [3.05, 3.63) is 94.4 Å². The molecule has 4 aromatic rings. The summed E-state index contributed by atoms with van der Waals surface area (Å²) < 4.78 is 3.39. The van der Waals surface area contributed by atoms with E-state index in [1.165, 1.54) is 28.9 Å². The number of rotatable bonds is 7. The molecule has 34 heavy (non-hydrogen) atoms. The molecule has 8 nitrogen and oxygen atoms in total. The number of aromatic nitrogens is 4. The van der Waals surface area contributed by atoms with Gasteiger partial charge in [-0.15, -0.1) is 0 Å². The Labute approximate surface area is 196 Å². The van der Waals surface area contributed by atoms with Crippen molar-refractivity contribution >= 4 is 17.2 Å². The van der Waals surface area contributed by atoms with Crippen LogP contribution in [0.5, 0.6) is 0 Å². The van der Waals surface area contributed by atoms with Crippen LogP contribution >= 0.6 is 0 Å².